The number of fused-ring (bicyclic) bond motifs is 5. The van der Waals surface area contributed by atoms with Crippen LogP contribution in [-0.4, -0.2) is 36.3 Å². The standard InChI is InChI=1S/C38H66N2O2/c1-6-7-8-9-10-11-12-13-14-15-16-17-18-19-35(41)39-28-29(2)31-21-22-32-30-20-23-34-38(4,27-25-36(42)40(34)5)33(30)24-26-37(31,32)3/h25,27,29-34H,6-24,26,28H2,1-5H3,(H,39,41)/t29?,30-,31+,32-,33-,34?,37+,38+/m0/s1. The summed E-state index contributed by atoms with van der Waals surface area (Å²) in [6, 6.07) is 0.363. The zero-order valence-corrected chi connectivity index (χ0v) is 28.2. The normalized spacial score (nSPS) is 34.5. The first-order valence-corrected chi connectivity index (χ1v) is 18.4. The molecule has 0 saturated heterocycles. The Morgan fingerprint density at radius 2 is 1.50 bits per heavy atom. The molecule has 2 amide bonds. The number of carbonyl (C=O) groups is 2. The SMILES string of the molecule is CCCCCCCCCCCCCCCC(=O)NCC(C)[C@H]1CC[C@H]2[C@@H]3CCC4N(C)C(=O)C=C[C@]4(C)[C@H]3CC[C@]12C. The van der Waals surface area contributed by atoms with Gasteiger partial charge in [-0.2, -0.15) is 0 Å². The van der Waals surface area contributed by atoms with Crippen molar-refractivity contribution in [1.29, 1.82) is 0 Å². The van der Waals surface area contributed by atoms with Gasteiger partial charge < -0.3 is 10.2 Å². The third-order valence-corrected chi connectivity index (χ3v) is 13.0. The Kier molecular flexibility index (Phi) is 12.5. The molecule has 1 heterocycles. The smallest absolute Gasteiger partial charge is 0.246 e. The van der Waals surface area contributed by atoms with Crippen molar-refractivity contribution in [3.63, 3.8) is 0 Å². The van der Waals surface area contributed by atoms with Crippen LogP contribution < -0.4 is 5.32 Å². The molecule has 3 fully saturated rings. The van der Waals surface area contributed by atoms with Crippen LogP contribution >= 0.6 is 0 Å². The van der Waals surface area contributed by atoms with Crippen molar-refractivity contribution in [2.24, 2.45) is 40.4 Å². The minimum absolute atomic E-state index is 0.123. The third kappa shape index (κ3) is 7.66. The van der Waals surface area contributed by atoms with Gasteiger partial charge in [-0.15, -0.1) is 0 Å². The van der Waals surface area contributed by atoms with Crippen molar-refractivity contribution >= 4 is 11.8 Å². The van der Waals surface area contributed by atoms with Gasteiger partial charge in [0.05, 0.1) is 0 Å². The van der Waals surface area contributed by atoms with Gasteiger partial charge in [-0.3, -0.25) is 9.59 Å². The highest BCUT2D eigenvalue weighted by Crippen LogP contribution is 2.66. The van der Waals surface area contributed by atoms with Gasteiger partial charge in [0.25, 0.3) is 0 Å². The topological polar surface area (TPSA) is 49.4 Å². The van der Waals surface area contributed by atoms with E-state index in [1.807, 2.05) is 18.0 Å². The second kappa shape index (κ2) is 15.6. The first-order chi connectivity index (χ1) is 20.2. The first kappa shape index (κ1) is 33.6. The Labute approximate surface area is 259 Å². The van der Waals surface area contributed by atoms with E-state index in [4.69, 9.17) is 0 Å². The number of amides is 2. The number of rotatable bonds is 17. The van der Waals surface area contributed by atoms with Gasteiger partial charge >= 0.3 is 0 Å². The lowest BCUT2D eigenvalue weighted by Crippen LogP contribution is -2.59. The Balaban J connectivity index is 1.12. The van der Waals surface area contributed by atoms with Crippen molar-refractivity contribution in [2.75, 3.05) is 13.6 Å². The van der Waals surface area contributed by atoms with E-state index in [9.17, 15) is 9.59 Å². The van der Waals surface area contributed by atoms with E-state index in [-0.39, 0.29) is 17.2 Å². The van der Waals surface area contributed by atoms with Gasteiger partial charge in [0.15, 0.2) is 0 Å². The minimum Gasteiger partial charge on any atom is -0.356 e. The van der Waals surface area contributed by atoms with Gasteiger partial charge in [0.1, 0.15) is 0 Å². The highest BCUT2D eigenvalue weighted by atomic mass is 16.2. The van der Waals surface area contributed by atoms with Crippen molar-refractivity contribution < 1.29 is 9.59 Å². The molecule has 3 aliphatic carbocycles. The fraction of sp³-hybridized carbons (Fsp3) is 0.895. The minimum atomic E-state index is 0.123. The highest BCUT2D eigenvalue weighted by molar-refractivity contribution is 5.89. The molecule has 1 N–H and O–H groups in total. The molecule has 0 bridgehead atoms. The van der Waals surface area contributed by atoms with Crippen LogP contribution in [0.15, 0.2) is 12.2 Å². The first-order valence-electron chi connectivity index (χ1n) is 18.4. The zero-order chi connectivity index (χ0) is 30.2. The van der Waals surface area contributed by atoms with E-state index in [1.165, 1.54) is 109 Å². The largest absolute Gasteiger partial charge is 0.356 e. The Morgan fingerprint density at radius 1 is 0.881 bits per heavy atom. The van der Waals surface area contributed by atoms with Gasteiger partial charge in [-0.1, -0.05) is 111 Å². The number of hydrogen-bond acceptors (Lipinski definition) is 2. The van der Waals surface area contributed by atoms with Crippen LogP contribution in [0.4, 0.5) is 0 Å². The van der Waals surface area contributed by atoms with E-state index < -0.39 is 0 Å². The summed E-state index contributed by atoms with van der Waals surface area (Å²) in [6.45, 7) is 10.6. The molecule has 0 radical (unpaired) electrons. The van der Waals surface area contributed by atoms with E-state index in [0.29, 0.717) is 35.6 Å². The molecular formula is C38H66N2O2. The van der Waals surface area contributed by atoms with E-state index in [1.54, 1.807) is 0 Å². The molecule has 42 heavy (non-hydrogen) atoms. The maximum Gasteiger partial charge on any atom is 0.246 e. The average Bonchev–Trinajstić information content (AvgIpc) is 3.33. The van der Waals surface area contributed by atoms with Crippen molar-refractivity contribution in [3.8, 4) is 0 Å². The van der Waals surface area contributed by atoms with Gasteiger partial charge in [0.2, 0.25) is 11.8 Å². The van der Waals surface area contributed by atoms with E-state index in [0.717, 1.165) is 31.2 Å². The summed E-state index contributed by atoms with van der Waals surface area (Å²) < 4.78 is 0. The molecule has 1 aliphatic heterocycles. The van der Waals surface area contributed by atoms with Gasteiger partial charge in [-0.05, 0) is 86.0 Å². The quantitative estimate of drug-likeness (QED) is 0.174. The maximum absolute atomic E-state index is 12.7. The molecule has 4 heteroatoms. The molecule has 0 spiro atoms. The summed E-state index contributed by atoms with van der Waals surface area (Å²) in [5.41, 5.74) is 0.516. The van der Waals surface area contributed by atoms with E-state index >= 15 is 0 Å². The van der Waals surface area contributed by atoms with Gasteiger partial charge in [-0.25, -0.2) is 0 Å². The summed E-state index contributed by atoms with van der Waals surface area (Å²) in [5, 5.41) is 3.34. The van der Waals surface area contributed by atoms with Crippen molar-refractivity contribution in [2.45, 2.75) is 162 Å². The Bertz CT molecular complexity index is 900. The average molecular weight is 583 g/mol. The number of carbonyl (C=O) groups excluding carboxylic acids is 2. The Morgan fingerprint density at radius 3 is 2.14 bits per heavy atom. The molecule has 0 aromatic heterocycles. The number of unbranched alkanes of at least 4 members (excludes halogenated alkanes) is 12. The Hall–Kier alpha value is -1.32. The van der Waals surface area contributed by atoms with Crippen LogP contribution in [0.5, 0.6) is 0 Å². The predicted octanol–water partition coefficient (Wildman–Crippen LogP) is 9.48. The van der Waals surface area contributed by atoms with Crippen LogP contribution in [0.2, 0.25) is 0 Å². The maximum atomic E-state index is 12.7. The molecule has 4 nitrogen and oxygen atoms in total. The monoisotopic (exact) mass is 583 g/mol. The molecule has 8 atom stereocenters. The van der Waals surface area contributed by atoms with Gasteiger partial charge in [0, 0.05) is 31.5 Å². The molecule has 2 unspecified atom stereocenters. The van der Waals surface area contributed by atoms with Crippen molar-refractivity contribution in [3.05, 3.63) is 12.2 Å². The van der Waals surface area contributed by atoms with Crippen molar-refractivity contribution in [1.82, 2.24) is 10.2 Å². The molecule has 4 rings (SSSR count). The van der Waals surface area contributed by atoms with Crippen LogP contribution in [-0.2, 0) is 9.59 Å². The number of nitrogens with zero attached hydrogens (tertiary/aromatic N) is 1. The lowest BCUT2D eigenvalue weighted by atomic mass is 9.47. The summed E-state index contributed by atoms with van der Waals surface area (Å²) in [4.78, 5) is 27.1. The van der Waals surface area contributed by atoms with Crippen LogP contribution in [0.25, 0.3) is 0 Å². The fourth-order valence-electron chi connectivity index (χ4n) is 10.5. The number of likely N-dealkylation sites (N-methyl/N-ethyl adjacent to an activating group) is 1. The van der Waals surface area contributed by atoms with E-state index in [2.05, 4.69) is 39.1 Å². The lowest BCUT2D eigenvalue weighted by Gasteiger charge is -2.60. The fourth-order valence-corrected chi connectivity index (χ4v) is 10.5. The second-order valence-electron chi connectivity index (χ2n) is 15.6. The molecule has 240 valence electrons. The van der Waals surface area contributed by atoms with Crippen LogP contribution in [0.3, 0.4) is 0 Å². The summed E-state index contributed by atoms with van der Waals surface area (Å²) in [5.74, 6) is 3.95. The molecule has 0 aromatic rings. The molecule has 4 aliphatic rings. The predicted molar refractivity (Wildman–Crippen MR) is 176 cm³/mol. The highest BCUT2D eigenvalue weighted by Gasteiger charge is 2.60. The summed E-state index contributed by atoms with van der Waals surface area (Å²) in [6.07, 6.45) is 30.0. The summed E-state index contributed by atoms with van der Waals surface area (Å²) in [7, 11) is 2.02. The second-order valence-corrected chi connectivity index (χ2v) is 15.6. The molecular weight excluding hydrogens is 516 g/mol. The lowest BCUT2D eigenvalue weighted by molar-refractivity contribution is -0.139. The summed E-state index contributed by atoms with van der Waals surface area (Å²) >= 11 is 0. The number of hydrogen-bond donors (Lipinski definition) is 1. The molecule has 0 aromatic carbocycles. The van der Waals surface area contributed by atoms with Crippen LogP contribution in [0, 0.1) is 40.4 Å². The van der Waals surface area contributed by atoms with Crippen LogP contribution in [0.1, 0.15) is 156 Å². The zero-order valence-electron chi connectivity index (χ0n) is 28.2. The number of nitrogens with one attached hydrogen (secondary N) is 1. The third-order valence-electron chi connectivity index (χ3n) is 13.0. The molecule has 3 saturated carbocycles.